The van der Waals surface area contributed by atoms with Crippen molar-refractivity contribution in [1.82, 2.24) is 0 Å². The smallest absolute Gasteiger partial charge is 0.129 e. The maximum absolute atomic E-state index is 6.20. The van der Waals surface area contributed by atoms with Crippen LogP contribution in [0.1, 0.15) is 25.0 Å². The zero-order valence-corrected chi connectivity index (χ0v) is 12.8. The van der Waals surface area contributed by atoms with E-state index in [2.05, 4.69) is 86.7 Å². The fourth-order valence-electron chi connectivity index (χ4n) is 3.19. The predicted octanol–water partition coefficient (Wildman–Crippen LogP) is 5.44. The second-order valence-electron chi connectivity index (χ2n) is 6.29. The average molecular weight is 286 g/mol. The van der Waals surface area contributed by atoms with Gasteiger partial charge >= 0.3 is 0 Å². The molecule has 0 unspecified atom stereocenters. The van der Waals surface area contributed by atoms with E-state index < -0.39 is 0 Å². The SMILES string of the molecule is CC1(C)C=C(c2ccccc2)c2c(ccc3ccccc23)O1. The van der Waals surface area contributed by atoms with Crippen LogP contribution in [0, 0.1) is 0 Å². The summed E-state index contributed by atoms with van der Waals surface area (Å²) in [4.78, 5) is 0. The Hall–Kier alpha value is -2.54. The summed E-state index contributed by atoms with van der Waals surface area (Å²) in [6.45, 7) is 4.21. The maximum Gasteiger partial charge on any atom is 0.129 e. The lowest BCUT2D eigenvalue weighted by Gasteiger charge is -2.32. The lowest BCUT2D eigenvalue weighted by molar-refractivity contribution is 0.158. The average Bonchev–Trinajstić information content (AvgIpc) is 2.53. The molecule has 0 fully saturated rings. The van der Waals surface area contributed by atoms with E-state index >= 15 is 0 Å². The van der Waals surface area contributed by atoms with Crippen LogP contribution >= 0.6 is 0 Å². The van der Waals surface area contributed by atoms with E-state index in [0.717, 1.165) is 5.75 Å². The fraction of sp³-hybridized carbons (Fsp3) is 0.143. The Labute approximate surface area is 130 Å². The summed E-state index contributed by atoms with van der Waals surface area (Å²) in [7, 11) is 0. The second-order valence-corrected chi connectivity index (χ2v) is 6.29. The molecule has 0 radical (unpaired) electrons. The number of rotatable bonds is 1. The number of hydrogen-bond donors (Lipinski definition) is 0. The molecule has 0 aliphatic carbocycles. The lowest BCUT2D eigenvalue weighted by atomic mass is 9.87. The van der Waals surface area contributed by atoms with Gasteiger partial charge in [-0.2, -0.15) is 0 Å². The predicted molar refractivity (Wildman–Crippen MR) is 92.2 cm³/mol. The van der Waals surface area contributed by atoms with Gasteiger partial charge in [0.25, 0.3) is 0 Å². The van der Waals surface area contributed by atoms with Crippen molar-refractivity contribution in [3.8, 4) is 5.75 Å². The molecule has 0 amide bonds. The number of benzene rings is 3. The summed E-state index contributed by atoms with van der Waals surface area (Å²) in [5.41, 5.74) is 3.38. The van der Waals surface area contributed by atoms with Crippen molar-refractivity contribution >= 4 is 16.3 Å². The monoisotopic (exact) mass is 286 g/mol. The summed E-state index contributed by atoms with van der Waals surface area (Å²) in [5, 5.41) is 2.48. The van der Waals surface area contributed by atoms with E-state index in [-0.39, 0.29) is 5.60 Å². The summed E-state index contributed by atoms with van der Waals surface area (Å²) in [6, 6.07) is 23.3. The molecule has 1 nitrogen and oxygen atoms in total. The van der Waals surface area contributed by atoms with Gasteiger partial charge in [-0.1, -0.05) is 60.7 Å². The Balaban J connectivity index is 2.06. The summed E-state index contributed by atoms with van der Waals surface area (Å²) >= 11 is 0. The van der Waals surface area contributed by atoms with Crippen LogP contribution in [0.5, 0.6) is 5.75 Å². The van der Waals surface area contributed by atoms with Crippen LogP contribution in [-0.4, -0.2) is 5.60 Å². The second kappa shape index (κ2) is 4.74. The van der Waals surface area contributed by atoms with Crippen molar-refractivity contribution in [2.75, 3.05) is 0 Å². The molecule has 0 saturated carbocycles. The molecule has 1 aliphatic rings. The molecule has 0 N–H and O–H groups in total. The minimum Gasteiger partial charge on any atom is -0.483 e. The van der Waals surface area contributed by atoms with E-state index in [4.69, 9.17) is 4.74 Å². The van der Waals surface area contributed by atoms with Crippen molar-refractivity contribution in [2.45, 2.75) is 19.4 Å². The molecule has 1 aliphatic heterocycles. The lowest BCUT2D eigenvalue weighted by Crippen LogP contribution is -2.29. The Morgan fingerprint density at radius 1 is 0.773 bits per heavy atom. The zero-order chi connectivity index (χ0) is 15.2. The van der Waals surface area contributed by atoms with E-state index in [1.165, 1.54) is 27.5 Å². The standard InChI is InChI=1S/C21H18O/c1-21(2)14-18(15-8-4-3-5-9-15)20-17-11-7-6-10-16(17)12-13-19(20)22-21/h3-14H,1-2H3. The third-order valence-corrected chi connectivity index (χ3v) is 4.11. The van der Waals surface area contributed by atoms with Crippen molar-refractivity contribution < 1.29 is 4.74 Å². The van der Waals surface area contributed by atoms with E-state index in [0.29, 0.717) is 0 Å². The molecule has 3 aromatic carbocycles. The van der Waals surface area contributed by atoms with Gasteiger partial charge in [0.1, 0.15) is 11.4 Å². The van der Waals surface area contributed by atoms with Crippen molar-refractivity contribution in [1.29, 1.82) is 0 Å². The quantitative estimate of drug-likeness (QED) is 0.578. The molecule has 0 atom stereocenters. The topological polar surface area (TPSA) is 9.23 Å². The first kappa shape index (κ1) is 13.1. The zero-order valence-electron chi connectivity index (χ0n) is 12.8. The highest BCUT2D eigenvalue weighted by Crippen LogP contribution is 2.43. The van der Waals surface area contributed by atoms with Crippen molar-refractivity contribution in [2.24, 2.45) is 0 Å². The molecule has 0 spiro atoms. The fourth-order valence-corrected chi connectivity index (χ4v) is 3.19. The van der Waals surface area contributed by atoms with E-state index in [9.17, 15) is 0 Å². The first-order valence-corrected chi connectivity index (χ1v) is 7.63. The summed E-state index contributed by atoms with van der Waals surface area (Å²) in [5.74, 6) is 0.963. The van der Waals surface area contributed by atoms with Crippen LogP contribution in [0.25, 0.3) is 16.3 Å². The van der Waals surface area contributed by atoms with E-state index in [1.807, 2.05) is 0 Å². The highest BCUT2D eigenvalue weighted by molar-refractivity contribution is 6.01. The Kier molecular flexibility index (Phi) is 2.83. The molecule has 1 heteroatoms. The van der Waals surface area contributed by atoms with Gasteiger partial charge in [0, 0.05) is 5.56 Å². The number of ether oxygens (including phenoxy) is 1. The van der Waals surface area contributed by atoms with Gasteiger partial charge in [-0.25, -0.2) is 0 Å². The van der Waals surface area contributed by atoms with Gasteiger partial charge in [-0.05, 0) is 47.9 Å². The van der Waals surface area contributed by atoms with Gasteiger partial charge in [0.15, 0.2) is 0 Å². The van der Waals surface area contributed by atoms with Crippen molar-refractivity contribution in [3.05, 3.63) is 83.9 Å². The molecule has 0 saturated heterocycles. The van der Waals surface area contributed by atoms with Crippen LogP contribution in [-0.2, 0) is 0 Å². The molecule has 1 heterocycles. The van der Waals surface area contributed by atoms with Crippen LogP contribution in [0.4, 0.5) is 0 Å². The Morgan fingerprint density at radius 2 is 1.50 bits per heavy atom. The van der Waals surface area contributed by atoms with E-state index in [1.54, 1.807) is 0 Å². The Morgan fingerprint density at radius 3 is 2.32 bits per heavy atom. The third-order valence-electron chi connectivity index (χ3n) is 4.11. The van der Waals surface area contributed by atoms with Crippen LogP contribution < -0.4 is 4.74 Å². The van der Waals surface area contributed by atoms with Gasteiger partial charge in [0.2, 0.25) is 0 Å². The number of fused-ring (bicyclic) bond motifs is 3. The Bertz CT molecular complexity index is 873. The van der Waals surface area contributed by atoms with Gasteiger partial charge in [-0.3, -0.25) is 0 Å². The van der Waals surface area contributed by atoms with Crippen LogP contribution in [0.3, 0.4) is 0 Å². The molecular weight excluding hydrogens is 268 g/mol. The number of hydrogen-bond acceptors (Lipinski definition) is 1. The van der Waals surface area contributed by atoms with Crippen LogP contribution in [0.2, 0.25) is 0 Å². The minimum atomic E-state index is -0.305. The minimum absolute atomic E-state index is 0.305. The normalized spacial score (nSPS) is 15.8. The summed E-state index contributed by atoms with van der Waals surface area (Å²) < 4.78 is 6.20. The molecule has 22 heavy (non-hydrogen) atoms. The first-order chi connectivity index (χ1) is 10.6. The van der Waals surface area contributed by atoms with Gasteiger partial charge in [-0.15, -0.1) is 0 Å². The van der Waals surface area contributed by atoms with Gasteiger partial charge in [0.05, 0.1) is 0 Å². The highest BCUT2D eigenvalue weighted by atomic mass is 16.5. The molecule has 0 aromatic heterocycles. The van der Waals surface area contributed by atoms with Crippen LogP contribution in [0.15, 0.2) is 72.8 Å². The molecule has 4 rings (SSSR count). The first-order valence-electron chi connectivity index (χ1n) is 7.63. The maximum atomic E-state index is 6.20. The van der Waals surface area contributed by atoms with Gasteiger partial charge < -0.3 is 4.74 Å². The third kappa shape index (κ3) is 2.10. The van der Waals surface area contributed by atoms with Crippen molar-refractivity contribution in [3.63, 3.8) is 0 Å². The highest BCUT2D eigenvalue weighted by Gasteiger charge is 2.28. The molecule has 0 bridgehead atoms. The largest absolute Gasteiger partial charge is 0.483 e. The summed E-state index contributed by atoms with van der Waals surface area (Å²) in [6.07, 6.45) is 2.23. The molecular formula is C21H18O. The molecule has 3 aromatic rings. The molecule has 108 valence electrons.